The molecular formula is C26H19ClN6O6. The van der Waals surface area contributed by atoms with E-state index < -0.39 is 9.85 Å². The summed E-state index contributed by atoms with van der Waals surface area (Å²) in [6.07, 6.45) is 5.98. The van der Waals surface area contributed by atoms with E-state index in [1.165, 1.54) is 30.5 Å². The van der Waals surface area contributed by atoms with E-state index in [4.69, 9.17) is 21.4 Å². The Morgan fingerprint density at radius 1 is 0.744 bits per heavy atom. The smallest absolute Gasteiger partial charge is 0.287 e. The first kappa shape index (κ1) is 26.6. The zero-order valence-electron chi connectivity index (χ0n) is 19.9. The number of phenols is 1. The van der Waals surface area contributed by atoms with Gasteiger partial charge in [0.25, 0.3) is 11.4 Å². The number of aromatic nitrogens is 4. The quantitative estimate of drug-likeness (QED) is 0.123. The molecule has 0 atom stereocenters. The van der Waals surface area contributed by atoms with E-state index in [1.54, 1.807) is 12.1 Å². The third-order valence-electron chi connectivity index (χ3n) is 5.14. The van der Waals surface area contributed by atoms with Crippen LogP contribution in [0, 0.1) is 20.2 Å². The van der Waals surface area contributed by atoms with E-state index in [1.807, 2.05) is 48.8 Å². The molecule has 0 radical (unpaired) electrons. The van der Waals surface area contributed by atoms with Gasteiger partial charge in [0.15, 0.2) is 0 Å². The van der Waals surface area contributed by atoms with Gasteiger partial charge in [0.2, 0.25) is 5.88 Å². The highest BCUT2D eigenvalue weighted by Crippen LogP contribution is 2.25. The largest absolute Gasteiger partial charge is 0.508 e. The Morgan fingerprint density at radius 3 is 1.90 bits per heavy atom. The number of benzene rings is 2. The molecule has 0 aliphatic heterocycles. The molecule has 13 heteroatoms. The van der Waals surface area contributed by atoms with Crippen molar-refractivity contribution in [2.75, 3.05) is 0 Å². The van der Waals surface area contributed by atoms with Crippen LogP contribution in [0.3, 0.4) is 0 Å². The molecule has 6 rings (SSSR count). The molecule has 6 aromatic rings. The molecule has 3 N–H and O–H groups in total. The third-order valence-corrected chi connectivity index (χ3v) is 5.36. The molecule has 0 unspecified atom stereocenters. The Balaban J connectivity index is 0.000000149. The van der Waals surface area contributed by atoms with Crippen molar-refractivity contribution in [1.82, 2.24) is 19.9 Å². The second-order valence-electron chi connectivity index (χ2n) is 7.79. The number of pyridine rings is 2. The fraction of sp³-hybridized carbons (Fsp3) is 0. The number of fused-ring (bicyclic) bond motifs is 2. The molecule has 0 aliphatic rings. The summed E-state index contributed by atoms with van der Waals surface area (Å²) in [6, 6.07) is 20.2. The Labute approximate surface area is 224 Å². The summed E-state index contributed by atoms with van der Waals surface area (Å²) < 4.78 is 5.54. The molecule has 2 aromatic carbocycles. The predicted molar refractivity (Wildman–Crippen MR) is 145 cm³/mol. The number of H-pyrrole nitrogens is 2. The number of rotatable bonds is 4. The topological polar surface area (TPSA) is 173 Å². The van der Waals surface area contributed by atoms with Crippen molar-refractivity contribution >= 4 is 44.8 Å². The molecule has 4 aromatic heterocycles. The van der Waals surface area contributed by atoms with Crippen LogP contribution in [0.5, 0.6) is 17.4 Å². The number of aromatic amines is 2. The number of ether oxygens (including phenoxy) is 1. The van der Waals surface area contributed by atoms with Gasteiger partial charge in [-0.1, -0.05) is 11.6 Å². The second-order valence-corrected chi connectivity index (χ2v) is 8.17. The van der Waals surface area contributed by atoms with Gasteiger partial charge in [-0.2, -0.15) is 0 Å². The molecule has 0 aliphatic carbocycles. The van der Waals surface area contributed by atoms with Gasteiger partial charge in [0.05, 0.1) is 9.85 Å². The van der Waals surface area contributed by atoms with Crippen LogP contribution in [-0.4, -0.2) is 34.9 Å². The lowest BCUT2D eigenvalue weighted by atomic mass is 10.2. The number of phenolic OH excluding ortho intramolecular Hbond substituents is 1. The monoisotopic (exact) mass is 546 g/mol. The highest BCUT2D eigenvalue weighted by atomic mass is 35.5. The van der Waals surface area contributed by atoms with E-state index in [-0.39, 0.29) is 16.5 Å². The first-order chi connectivity index (χ1) is 18.8. The van der Waals surface area contributed by atoms with Gasteiger partial charge in [-0.15, -0.1) is 0 Å². The molecule has 0 amide bonds. The summed E-state index contributed by atoms with van der Waals surface area (Å²) in [6.45, 7) is 0. The van der Waals surface area contributed by atoms with Crippen molar-refractivity contribution in [3.63, 3.8) is 0 Å². The first-order valence-corrected chi connectivity index (χ1v) is 11.5. The zero-order valence-corrected chi connectivity index (χ0v) is 20.6. The number of hydrogen-bond donors (Lipinski definition) is 3. The molecule has 0 fully saturated rings. The van der Waals surface area contributed by atoms with E-state index in [0.717, 1.165) is 28.0 Å². The SMILES string of the molecule is O=[N+]([O-])c1ccc(Cl)nc1.O=[N+]([O-])c1ccc(Oc2ccc3[nH]ccc3c2)nc1.Oc1ccc2[nH]ccc2c1. The molecule has 39 heavy (non-hydrogen) atoms. The average molecular weight is 547 g/mol. The molecule has 0 saturated heterocycles. The van der Waals surface area contributed by atoms with Crippen LogP contribution in [-0.2, 0) is 0 Å². The van der Waals surface area contributed by atoms with Gasteiger partial charge in [-0.3, -0.25) is 20.2 Å². The van der Waals surface area contributed by atoms with Crippen LogP contribution in [0.1, 0.15) is 0 Å². The number of aromatic hydroxyl groups is 1. The van der Waals surface area contributed by atoms with E-state index >= 15 is 0 Å². The number of nitrogens with one attached hydrogen (secondary N) is 2. The van der Waals surface area contributed by atoms with E-state index in [0.29, 0.717) is 17.4 Å². The number of nitrogens with zero attached hydrogens (tertiary/aromatic N) is 4. The number of halogens is 1. The molecular weight excluding hydrogens is 528 g/mol. The normalized spacial score (nSPS) is 10.2. The van der Waals surface area contributed by atoms with Gasteiger partial charge in [0, 0.05) is 52.4 Å². The minimum absolute atomic E-state index is 0.0515. The molecule has 0 spiro atoms. The van der Waals surface area contributed by atoms with Gasteiger partial charge < -0.3 is 19.8 Å². The van der Waals surface area contributed by atoms with Crippen LogP contribution >= 0.6 is 11.6 Å². The van der Waals surface area contributed by atoms with Crippen LogP contribution < -0.4 is 4.74 Å². The fourth-order valence-corrected chi connectivity index (χ4v) is 3.38. The minimum Gasteiger partial charge on any atom is -0.508 e. The lowest BCUT2D eigenvalue weighted by Gasteiger charge is -2.04. The maximum Gasteiger partial charge on any atom is 0.287 e. The summed E-state index contributed by atoms with van der Waals surface area (Å²) in [5.41, 5.74) is 1.96. The standard InChI is InChI=1S/C13H9N3O3.C8H7NO.C5H3ClN2O2/c17-16(18)10-1-4-13(15-8-10)19-11-2-3-12-9(7-11)5-6-14-12;10-7-1-2-8-6(5-7)3-4-9-8;6-5-2-1-4(3-7-5)8(9)10/h1-8,14H;1-5,9-10H;1-3H. The van der Waals surface area contributed by atoms with Crippen LogP contribution in [0.4, 0.5) is 11.4 Å². The summed E-state index contributed by atoms with van der Waals surface area (Å²) in [5, 5.41) is 31.9. The number of hydrogen-bond acceptors (Lipinski definition) is 8. The lowest BCUT2D eigenvalue weighted by molar-refractivity contribution is -0.385. The minimum atomic E-state index is -0.524. The predicted octanol–water partition coefficient (Wildman–Crippen LogP) is 6.78. The van der Waals surface area contributed by atoms with Gasteiger partial charge in [-0.05, 0) is 54.6 Å². The Bertz CT molecular complexity index is 1720. The number of nitro groups is 2. The zero-order chi connectivity index (χ0) is 27.8. The summed E-state index contributed by atoms with van der Waals surface area (Å²) in [7, 11) is 0. The van der Waals surface area contributed by atoms with Crippen molar-refractivity contribution in [3.8, 4) is 17.4 Å². The van der Waals surface area contributed by atoms with Crippen molar-refractivity contribution in [3.05, 3.63) is 123 Å². The first-order valence-electron chi connectivity index (χ1n) is 11.2. The Hall–Kier alpha value is -5.49. The van der Waals surface area contributed by atoms with Crippen molar-refractivity contribution < 1.29 is 19.7 Å². The van der Waals surface area contributed by atoms with Crippen LogP contribution in [0.15, 0.2) is 97.6 Å². The van der Waals surface area contributed by atoms with Crippen molar-refractivity contribution in [1.29, 1.82) is 0 Å². The maximum atomic E-state index is 10.5. The van der Waals surface area contributed by atoms with Gasteiger partial charge in [0.1, 0.15) is 29.0 Å². The van der Waals surface area contributed by atoms with E-state index in [2.05, 4.69) is 19.9 Å². The highest BCUT2D eigenvalue weighted by molar-refractivity contribution is 6.29. The summed E-state index contributed by atoms with van der Waals surface area (Å²) in [4.78, 5) is 33.1. The Kier molecular flexibility index (Phi) is 8.29. The Morgan fingerprint density at radius 2 is 1.33 bits per heavy atom. The molecule has 4 heterocycles. The molecule has 0 bridgehead atoms. The van der Waals surface area contributed by atoms with Crippen LogP contribution in [0.25, 0.3) is 21.8 Å². The van der Waals surface area contributed by atoms with Crippen molar-refractivity contribution in [2.24, 2.45) is 0 Å². The molecule has 0 saturated carbocycles. The average Bonchev–Trinajstić information content (AvgIpc) is 3.59. The summed E-state index contributed by atoms with van der Waals surface area (Å²) in [5.74, 6) is 1.26. The summed E-state index contributed by atoms with van der Waals surface area (Å²) >= 11 is 5.38. The van der Waals surface area contributed by atoms with E-state index in [9.17, 15) is 20.2 Å². The third kappa shape index (κ3) is 7.27. The van der Waals surface area contributed by atoms with Gasteiger partial charge in [-0.25, -0.2) is 9.97 Å². The van der Waals surface area contributed by atoms with Crippen LogP contribution in [0.2, 0.25) is 5.15 Å². The molecule has 196 valence electrons. The fourth-order valence-electron chi connectivity index (χ4n) is 3.27. The highest BCUT2D eigenvalue weighted by Gasteiger charge is 2.07. The van der Waals surface area contributed by atoms with Crippen molar-refractivity contribution in [2.45, 2.75) is 0 Å². The lowest BCUT2D eigenvalue weighted by Crippen LogP contribution is -1.91. The van der Waals surface area contributed by atoms with Gasteiger partial charge >= 0.3 is 0 Å². The second kappa shape index (κ2) is 12.2. The maximum absolute atomic E-state index is 10.5. The molecule has 12 nitrogen and oxygen atoms in total.